The van der Waals surface area contributed by atoms with Crippen molar-refractivity contribution in [1.29, 1.82) is 0 Å². The predicted octanol–water partition coefficient (Wildman–Crippen LogP) is 4.89. The molecule has 2 bridgehead atoms. The summed E-state index contributed by atoms with van der Waals surface area (Å²) in [5.74, 6) is -2.45. The normalized spacial score (nSPS) is 27.2. The molecular formula is C36H44BrN3O5. The highest BCUT2D eigenvalue weighted by molar-refractivity contribution is 9.09. The Labute approximate surface area is 274 Å². The van der Waals surface area contributed by atoms with Crippen LogP contribution in [0.25, 0.3) is 0 Å². The summed E-state index contributed by atoms with van der Waals surface area (Å²) in [5.41, 5.74) is 0.451. The molecule has 7 atom stereocenters. The Balaban J connectivity index is 1.58. The number of fused-ring (bicyclic) bond motifs is 1. The SMILES string of the molecule is C=CCN(CCCCC)C(=O)C1N([C@H](CO)c2ccccc2)C(=O)[C@@H]2[C@H](C(=O)N(CC=C)Cc3ccccc3)[C@H]3OC12CC3Br. The number of nitrogens with zero attached hydrogens (tertiary/aromatic N) is 3. The van der Waals surface area contributed by atoms with Gasteiger partial charge in [-0.25, -0.2) is 0 Å². The highest BCUT2D eigenvalue weighted by atomic mass is 79.9. The van der Waals surface area contributed by atoms with Gasteiger partial charge in [0.15, 0.2) is 0 Å². The van der Waals surface area contributed by atoms with Crippen LogP contribution in [-0.4, -0.2) is 86.3 Å². The third-order valence-corrected chi connectivity index (χ3v) is 10.4. The van der Waals surface area contributed by atoms with Gasteiger partial charge in [-0.05, 0) is 24.0 Å². The van der Waals surface area contributed by atoms with E-state index in [4.69, 9.17) is 4.74 Å². The number of likely N-dealkylation sites (tertiary alicyclic amines) is 1. The third kappa shape index (κ3) is 6.14. The zero-order valence-corrected chi connectivity index (χ0v) is 27.6. The average molecular weight is 679 g/mol. The van der Waals surface area contributed by atoms with Crippen molar-refractivity contribution >= 4 is 33.7 Å². The fourth-order valence-corrected chi connectivity index (χ4v) is 8.51. The highest BCUT2D eigenvalue weighted by Crippen LogP contribution is 2.61. The molecule has 3 heterocycles. The largest absolute Gasteiger partial charge is 0.394 e. The molecule has 3 fully saturated rings. The summed E-state index contributed by atoms with van der Waals surface area (Å²) in [4.78, 5) is 48.8. The molecule has 1 spiro atoms. The van der Waals surface area contributed by atoms with Crippen LogP contribution in [0.4, 0.5) is 0 Å². The Bertz CT molecular complexity index is 1370. The van der Waals surface area contributed by atoms with Gasteiger partial charge in [-0.3, -0.25) is 14.4 Å². The maximum atomic E-state index is 14.8. The molecule has 3 amide bonds. The molecule has 0 aliphatic carbocycles. The number of amides is 3. The maximum Gasteiger partial charge on any atom is 0.248 e. The average Bonchev–Trinajstić information content (AvgIpc) is 3.65. The van der Waals surface area contributed by atoms with Crippen LogP contribution in [0, 0.1) is 11.8 Å². The number of benzene rings is 2. The Morgan fingerprint density at radius 3 is 2.31 bits per heavy atom. The van der Waals surface area contributed by atoms with Gasteiger partial charge < -0.3 is 24.5 Å². The van der Waals surface area contributed by atoms with Gasteiger partial charge in [-0.2, -0.15) is 0 Å². The number of aliphatic hydroxyl groups is 1. The van der Waals surface area contributed by atoms with Crippen molar-refractivity contribution in [3.63, 3.8) is 0 Å². The van der Waals surface area contributed by atoms with E-state index in [2.05, 4.69) is 36.0 Å². The van der Waals surface area contributed by atoms with Crippen LogP contribution in [0.2, 0.25) is 0 Å². The second-order valence-corrected chi connectivity index (χ2v) is 13.5. The Kier molecular flexibility index (Phi) is 10.6. The summed E-state index contributed by atoms with van der Waals surface area (Å²) < 4.78 is 6.79. The summed E-state index contributed by atoms with van der Waals surface area (Å²) in [7, 11) is 0. The minimum absolute atomic E-state index is 0.202. The highest BCUT2D eigenvalue weighted by Gasteiger charge is 2.77. The summed E-state index contributed by atoms with van der Waals surface area (Å²) in [6.07, 6.45) is 5.98. The number of hydrogen-bond donors (Lipinski definition) is 1. The number of hydrogen-bond acceptors (Lipinski definition) is 5. The first-order valence-corrected chi connectivity index (χ1v) is 16.9. The summed E-state index contributed by atoms with van der Waals surface area (Å²) in [6.45, 7) is 11.0. The molecule has 3 unspecified atom stereocenters. The lowest BCUT2D eigenvalue weighted by molar-refractivity contribution is -0.152. The van der Waals surface area contributed by atoms with Crippen molar-refractivity contribution in [3.05, 3.63) is 97.1 Å². The van der Waals surface area contributed by atoms with E-state index in [-0.39, 0.29) is 29.2 Å². The van der Waals surface area contributed by atoms with Gasteiger partial charge in [0.1, 0.15) is 11.6 Å². The molecule has 0 radical (unpaired) electrons. The topological polar surface area (TPSA) is 90.4 Å². The second kappa shape index (κ2) is 14.4. The lowest BCUT2D eigenvalue weighted by atomic mass is 9.70. The molecule has 3 aliphatic rings. The molecule has 3 saturated heterocycles. The molecule has 2 aromatic carbocycles. The summed E-state index contributed by atoms with van der Waals surface area (Å²) in [6, 6.07) is 17.2. The van der Waals surface area contributed by atoms with Crippen molar-refractivity contribution < 1.29 is 24.2 Å². The minimum atomic E-state index is -1.23. The number of unbranched alkanes of at least 4 members (excludes halogenated alkanes) is 2. The van der Waals surface area contributed by atoms with Crippen molar-refractivity contribution in [2.24, 2.45) is 11.8 Å². The zero-order valence-electron chi connectivity index (χ0n) is 26.0. The van der Waals surface area contributed by atoms with Gasteiger partial charge in [-0.1, -0.05) is 109 Å². The third-order valence-electron chi connectivity index (χ3n) is 9.51. The summed E-state index contributed by atoms with van der Waals surface area (Å²) in [5, 5.41) is 10.8. The second-order valence-electron chi connectivity index (χ2n) is 12.3. The lowest BCUT2D eigenvalue weighted by Crippen LogP contribution is -2.57. The van der Waals surface area contributed by atoms with E-state index in [0.717, 1.165) is 24.8 Å². The number of aliphatic hydroxyl groups excluding tert-OH is 1. The van der Waals surface area contributed by atoms with Crippen LogP contribution in [0.1, 0.15) is 49.8 Å². The van der Waals surface area contributed by atoms with Gasteiger partial charge in [0.05, 0.1) is 30.6 Å². The molecule has 0 aromatic heterocycles. The molecule has 1 N–H and O–H groups in total. The molecule has 9 heteroatoms. The Hall–Kier alpha value is -3.27. The molecule has 0 saturated carbocycles. The van der Waals surface area contributed by atoms with Crippen LogP contribution in [-0.2, 0) is 25.7 Å². The van der Waals surface area contributed by atoms with E-state index >= 15 is 0 Å². The Morgan fingerprint density at radius 1 is 1.04 bits per heavy atom. The van der Waals surface area contributed by atoms with Gasteiger partial charge in [-0.15, -0.1) is 13.2 Å². The first-order chi connectivity index (χ1) is 21.8. The number of rotatable bonds is 15. The zero-order chi connectivity index (χ0) is 32.1. The Morgan fingerprint density at radius 2 is 1.69 bits per heavy atom. The molecular weight excluding hydrogens is 634 g/mol. The van der Waals surface area contributed by atoms with Crippen molar-refractivity contribution in [3.8, 4) is 0 Å². The number of alkyl halides is 1. The standard InChI is InChI=1S/C36H44BrN3O5/c1-4-7-14-21-38(19-5-2)35(44)32-36-22-27(37)31(45-36)29(33(42)39(20-6-3)23-25-15-10-8-11-16-25)30(36)34(43)40(32)28(24-41)26-17-12-9-13-18-26/h5-6,8-13,15-18,27-32,41H,2-4,7,14,19-24H2,1H3/t27?,28-,29+,30+,31+,32?,36?/m1/s1. The van der Waals surface area contributed by atoms with Gasteiger partial charge >= 0.3 is 0 Å². The minimum Gasteiger partial charge on any atom is -0.394 e. The molecule has 240 valence electrons. The molecule has 8 nitrogen and oxygen atoms in total. The van der Waals surface area contributed by atoms with Crippen molar-refractivity contribution in [1.82, 2.24) is 14.7 Å². The van der Waals surface area contributed by atoms with Gasteiger partial charge in [0.25, 0.3) is 0 Å². The predicted molar refractivity (Wildman–Crippen MR) is 177 cm³/mol. The van der Waals surface area contributed by atoms with Crippen LogP contribution < -0.4 is 0 Å². The van der Waals surface area contributed by atoms with Crippen LogP contribution in [0.3, 0.4) is 0 Å². The fourth-order valence-electron chi connectivity index (χ4n) is 7.57. The van der Waals surface area contributed by atoms with E-state index in [1.807, 2.05) is 60.7 Å². The van der Waals surface area contributed by atoms with Crippen LogP contribution in [0.15, 0.2) is 86.0 Å². The molecule has 2 aromatic rings. The number of carbonyl (C=O) groups excluding carboxylic acids is 3. The van der Waals surface area contributed by atoms with E-state index in [1.54, 1.807) is 22.0 Å². The summed E-state index contributed by atoms with van der Waals surface area (Å²) >= 11 is 3.79. The first-order valence-electron chi connectivity index (χ1n) is 16.0. The van der Waals surface area contributed by atoms with E-state index < -0.39 is 35.6 Å². The van der Waals surface area contributed by atoms with Crippen molar-refractivity contribution in [2.75, 3.05) is 26.2 Å². The van der Waals surface area contributed by atoms with E-state index in [9.17, 15) is 19.5 Å². The maximum absolute atomic E-state index is 14.8. The number of carbonyl (C=O) groups is 3. The van der Waals surface area contributed by atoms with Crippen molar-refractivity contribution in [2.45, 2.75) is 67.8 Å². The van der Waals surface area contributed by atoms with E-state index in [0.29, 0.717) is 38.2 Å². The molecule has 3 aliphatic heterocycles. The smallest absolute Gasteiger partial charge is 0.248 e. The fraction of sp³-hybridized carbons (Fsp3) is 0.472. The van der Waals surface area contributed by atoms with Gasteiger partial charge in [0.2, 0.25) is 17.7 Å². The number of ether oxygens (including phenoxy) is 1. The van der Waals surface area contributed by atoms with E-state index in [1.165, 1.54) is 4.90 Å². The van der Waals surface area contributed by atoms with Crippen LogP contribution in [0.5, 0.6) is 0 Å². The van der Waals surface area contributed by atoms with Gasteiger partial charge in [0, 0.05) is 31.0 Å². The number of halogens is 1. The quantitative estimate of drug-likeness (QED) is 0.165. The lowest BCUT2D eigenvalue weighted by Gasteiger charge is -2.39. The van der Waals surface area contributed by atoms with Crippen LogP contribution >= 0.6 is 15.9 Å². The first kappa shape index (κ1) is 33.1. The monoisotopic (exact) mass is 677 g/mol. The molecule has 5 rings (SSSR count). The molecule has 45 heavy (non-hydrogen) atoms.